The van der Waals surface area contributed by atoms with Crippen LogP contribution in [0.2, 0.25) is 0 Å². The zero-order valence-corrected chi connectivity index (χ0v) is 37.3. The highest BCUT2D eigenvalue weighted by molar-refractivity contribution is 7.99. The molecule has 3 N–H and O–H groups in total. The van der Waals surface area contributed by atoms with Gasteiger partial charge in [-0.25, -0.2) is 4.79 Å². The highest BCUT2D eigenvalue weighted by Gasteiger charge is 2.65. The molecule has 0 bridgehead atoms. The van der Waals surface area contributed by atoms with Gasteiger partial charge in [0.05, 0.1) is 49.6 Å². The Balaban J connectivity index is 1.50. The van der Waals surface area contributed by atoms with Crippen molar-refractivity contribution in [1.29, 1.82) is 0 Å². The monoisotopic (exact) mass is 903 g/mol. The van der Waals surface area contributed by atoms with Gasteiger partial charge in [-0.15, -0.1) is 18.3 Å². The van der Waals surface area contributed by atoms with Crippen molar-refractivity contribution in [1.82, 2.24) is 4.90 Å². The SMILES string of the molecule is C=CCO[C@@]12Oc3ccc(OCCSc4ccccc4)cc3[C@H]3[C@H](CCCCO)[C@@H](CCCCO)C=C(C(=NOCC)C[C@@H]1N(CCOCCO)C(=O)Oc1ccc([N+](=O)[O-])cc1)[C@H]32. The van der Waals surface area contributed by atoms with Crippen LogP contribution in [0.1, 0.15) is 63.4 Å². The fourth-order valence-corrected chi connectivity index (χ4v) is 9.97. The number of non-ortho nitro benzene ring substituents is 1. The van der Waals surface area contributed by atoms with E-state index in [4.69, 9.17) is 33.7 Å². The Labute approximate surface area is 379 Å². The van der Waals surface area contributed by atoms with E-state index in [2.05, 4.69) is 30.9 Å². The number of amides is 1. The first-order chi connectivity index (χ1) is 31.3. The lowest BCUT2D eigenvalue weighted by molar-refractivity contribution is -0.384. The summed E-state index contributed by atoms with van der Waals surface area (Å²) in [5.74, 6) is -0.298. The van der Waals surface area contributed by atoms with E-state index in [-0.39, 0.29) is 81.8 Å². The van der Waals surface area contributed by atoms with Crippen molar-refractivity contribution < 1.29 is 53.6 Å². The molecule has 0 radical (unpaired) electrons. The van der Waals surface area contributed by atoms with Crippen LogP contribution in [0.4, 0.5) is 10.5 Å². The number of thioether (sulfide) groups is 1. The molecule has 346 valence electrons. The summed E-state index contributed by atoms with van der Waals surface area (Å²) in [6, 6.07) is 20.3. The number of benzene rings is 3. The minimum atomic E-state index is -1.56. The van der Waals surface area contributed by atoms with Crippen LogP contribution in [0, 0.1) is 27.9 Å². The molecule has 3 aliphatic rings. The number of carbonyl (C=O) groups excluding carboxylic acids is 1. The number of aliphatic hydroxyl groups excluding tert-OH is 3. The average Bonchev–Trinajstić information content (AvgIpc) is 3.31. The number of nitro groups is 1. The lowest BCUT2D eigenvalue weighted by Crippen LogP contribution is -2.70. The molecule has 1 heterocycles. The maximum Gasteiger partial charge on any atom is 0.415 e. The molecule has 3 aromatic carbocycles. The molecule has 15 nitrogen and oxygen atoms in total. The predicted octanol–water partition coefficient (Wildman–Crippen LogP) is 7.93. The topological polar surface area (TPSA) is 192 Å². The Morgan fingerprint density at radius 2 is 1.73 bits per heavy atom. The number of oxime groups is 1. The van der Waals surface area contributed by atoms with E-state index in [9.17, 15) is 30.2 Å². The van der Waals surface area contributed by atoms with Crippen LogP contribution in [-0.2, 0) is 14.3 Å². The minimum absolute atomic E-state index is 0.00210. The maximum absolute atomic E-state index is 14.7. The number of fused-ring (bicyclic) bond motifs is 2. The number of hydrogen-bond donors (Lipinski definition) is 3. The summed E-state index contributed by atoms with van der Waals surface area (Å²) in [4.78, 5) is 34.1. The lowest BCUT2D eigenvalue weighted by Gasteiger charge is -2.59. The summed E-state index contributed by atoms with van der Waals surface area (Å²) in [6.45, 7) is 6.61. The average molecular weight is 904 g/mol. The van der Waals surface area contributed by atoms with Gasteiger partial charge in [0.15, 0.2) is 0 Å². The first-order valence-electron chi connectivity index (χ1n) is 22.2. The largest absolute Gasteiger partial charge is 0.493 e. The van der Waals surface area contributed by atoms with Crippen LogP contribution >= 0.6 is 11.8 Å². The molecule has 0 unspecified atom stereocenters. The summed E-state index contributed by atoms with van der Waals surface area (Å²) in [7, 11) is 0. The van der Waals surface area contributed by atoms with Gasteiger partial charge in [0, 0.05) is 60.4 Å². The van der Waals surface area contributed by atoms with Crippen LogP contribution < -0.4 is 14.2 Å². The first kappa shape index (κ1) is 48.5. The van der Waals surface area contributed by atoms with E-state index in [1.165, 1.54) is 29.2 Å². The third-order valence-corrected chi connectivity index (χ3v) is 12.9. The number of carbonyl (C=O) groups is 1. The second-order valence-electron chi connectivity index (χ2n) is 15.8. The molecule has 1 aliphatic heterocycles. The number of allylic oxidation sites excluding steroid dienone is 1. The molecule has 16 heteroatoms. The van der Waals surface area contributed by atoms with Gasteiger partial charge >= 0.3 is 6.09 Å². The van der Waals surface area contributed by atoms with Gasteiger partial charge < -0.3 is 43.8 Å². The molecule has 1 saturated carbocycles. The van der Waals surface area contributed by atoms with Crippen LogP contribution in [0.5, 0.6) is 17.2 Å². The number of aliphatic hydroxyl groups is 3. The van der Waals surface area contributed by atoms with E-state index in [1.54, 1.807) is 17.8 Å². The summed E-state index contributed by atoms with van der Waals surface area (Å²) >= 11 is 1.71. The van der Waals surface area contributed by atoms with Gasteiger partial charge in [-0.05, 0) is 92.5 Å². The van der Waals surface area contributed by atoms with Crippen LogP contribution in [-0.4, -0.2) is 114 Å². The molecule has 6 rings (SSSR count). The molecular weight excluding hydrogens is 843 g/mol. The Morgan fingerprint density at radius 3 is 2.44 bits per heavy atom. The van der Waals surface area contributed by atoms with Crippen molar-refractivity contribution in [3.63, 3.8) is 0 Å². The van der Waals surface area contributed by atoms with Gasteiger partial charge in [0.2, 0.25) is 5.79 Å². The molecule has 0 aromatic heterocycles. The van der Waals surface area contributed by atoms with Crippen LogP contribution in [0.25, 0.3) is 0 Å². The van der Waals surface area contributed by atoms with Crippen molar-refractivity contribution in [2.75, 3.05) is 65.2 Å². The number of nitro benzene ring substituents is 1. The van der Waals surface area contributed by atoms with Crippen LogP contribution in [0.3, 0.4) is 0 Å². The van der Waals surface area contributed by atoms with Crippen molar-refractivity contribution in [3.05, 3.63) is 113 Å². The number of rotatable bonds is 26. The Hall–Kier alpha value is -4.97. The smallest absolute Gasteiger partial charge is 0.415 e. The highest BCUT2D eigenvalue weighted by atomic mass is 32.2. The summed E-state index contributed by atoms with van der Waals surface area (Å²) in [6.07, 6.45) is 7.61. The third-order valence-electron chi connectivity index (χ3n) is 11.9. The summed E-state index contributed by atoms with van der Waals surface area (Å²) < 4.78 is 32.4. The minimum Gasteiger partial charge on any atom is -0.493 e. The Kier molecular flexibility index (Phi) is 18.5. The molecular formula is C48H61N3O12S. The number of hydrogen-bond acceptors (Lipinski definition) is 14. The highest BCUT2D eigenvalue weighted by Crippen LogP contribution is 2.62. The van der Waals surface area contributed by atoms with E-state index in [0.29, 0.717) is 43.3 Å². The van der Waals surface area contributed by atoms with Gasteiger partial charge in [-0.2, -0.15) is 0 Å². The van der Waals surface area contributed by atoms with Crippen LogP contribution in [0.15, 0.2) is 107 Å². The molecule has 6 atom stereocenters. The number of unbranched alkanes of at least 4 members (excludes halogenated alkanes) is 2. The van der Waals surface area contributed by atoms with Crippen molar-refractivity contribution in [3.8, 4) is 17.2 Å². The van der Waals surface area contributed by atoms with E-state index < -0.39 is 28.8 Å². The zero-order valence-electron chi connectivity index (χ0n) is 36.5. The second kappa shape index (κ2) is 24.4. The Morgan fingerprint density at radius 1 is 0.984 bits per heavy atom. The first-order valence-corrected chi connectivity index (χ1v) is 23.2. The zero-order chi connectivity index (χ0) is 45.3. The normalized spacial score (nSPS) is 22.7. The maximum atomic E-state index is 14.7. The van der Waals surface area contributed by atoms with E-state index in [0.717, 1.165) is 47.5 Å². The molecule has 0 spiro atoms. The molecule has 3 aromatic rings. The van der Waals surface area contributed by atoms with Crippen molar-refractivity contribution in [2.45, 2.75) is 74.5 Å². The molecule has 64 heavy (non-hydrogen) atoms. The van der Waals surface area contributed by atoms with E-state index in [1.807, 2.05) is 37.3 Å². The fraction of sp³-hybridized carbons (Fsp3) is 0.500. The van der Waals surface area contributed by atoms with Crippen molar-refractivity contribution in [2.24, 2.45) is 22.9 Å². The Bertz CT molecular complexity index is 2040. The molecule has 1 amide bonds. The fourth-order valence-electron chi connectivity index (χ4n) is 9.22. The third kappa shape index (κ3) is 11.8. The summed E-state index contributed by atoms with van der Waals surface area (Å²) in [5, 5.41) is 45.5. The lowest BCUT2D eigenvalue weighted by atomic mass is 9.55. The number of ether oxygens (including phenoxy) is 5. The predicted molar refractivity (Wildman–Crippen MR) is 243 cm³/mol. The quantitative estimate of drug-likeness (QED) is 0.0232. The molecule has 2 aliphatic carbocycles. The van der Waals surface area contributed by atoms with Gasteiger partial charge in [0.25, 0.3) is 5.69 Å². The standard InChI is InChI=1S/C48H61N3O12S/c1-3-26-60-48-44(50(22-27-58-28-25-54)47(55)62-36-18-16-35(17-19-36)51(56)57)33-42(49-61-4-2)40-31-34(12-8-10-23-52)39(15-9-11-24-53)45(46(40)48)41-32-37(20-21-43(41)63-48)59-29-30-64-38-13-6-5-7-14-38/h3,5-7,13-14,16-21,31-32,34,39,44-46,52-54H,1,4,8-12,15,22-30,33H2,2H3/t34-,39+,44-,45+,46+,48+/m0/s1. The molecule has 0 saturated heterocycles. The second-order valence-corrected chi connectivity index (χ2v) is 17.0. The summed E-state index contributed by atoms with van der Waals surface area (Å²) in [5.41, 5.74) is 2.25. The van der Waals surface area contributed by atoms with E-state index >= 15 is 0 Å². The van der Waals surface area contributed by atoms with Gasteiger partial charge in [-0.3, -0.25) is 15.0 Å². The molecule has 1 fully saturated rings. The number of nitrogens with zero attached hydrogens (tertiary/aromatic N) is 3. The van der Waals surface area contributed by atoms with Gasteiger partial charge in [0.1, 0.15) is 29.9 Å². The van der Waals surface area contributed by atoms with Gasteiger partial charge in [-0.1, -0.05) is 48.3 Å². The van der Waals surface area contributed by atoms with Crippen molar-refractivity contribution >= 4 is 29.3 Å².